The lowest BCUT2D eigenvalue weighted by Crippen LogP contribution is -2.19. The molecule has 0 bridgehead atoms. The van der Waals surface area contributed by atoms with Crippen LogP contribution in [0.1, 0.15) is 18.6 Å². The second-order valence-electron chi connectivity index (χ2n) is 3.44. The van der Waals surface area contributed by atoms with Gasteiger partial charge in [0, 0.05) is 6.92 Å². The maximum absolute atomic E-state index is 13.2. The number of hydrogen-bond donors (Lipinski definition) is 0. The van der Waals surface area contributed by atoms with Gasteiger partial charge in [0.05, 0.1) is 10.5 Å². The van der Waals surface area contributed by atoms with E-state index >= 15 is 0 Å². The Morgan fingerprint density at radius 3 is 2.40 bits per heavy atom. The van der Waals surface area contributed by atoms with Gasteiger partial charge in [-0.05, 0) is 12.1 Å². The first-order chi connectivity index (χ1) is 6.97. The van der Waals surface area contributed by atoms with Crippen molar-refractivity contribution in [3.8, 4) is 0 Å². The molecule has 1 saturated heterocycles. The molecule has 80 valence electrons. The number of hydrogen-bond acceptors (Lipinski definition) is 3. The fourth-order valence-corrected chi connectivity index (χ4v) is 1.43. The summed E-state index contributed by atoms with van der Waals surface area (Å²) in [5.41, 5.74) is -2.08. The van der Waals surface area contributed by atoms with E-state index in [2.05, 4.69) is 0 Å². The van der Waals surface area contributed by atoms with Gasteiger partial charge in [-0.2, -0.15) is 0 Å². The highest BCUT2D eigenvalue weighted by Gasteiger charge is 2.67. The normalized spacial score (nSPS) is 28.9. The first kappa shape index (κ1) is 9.97. The number of ether oxygens (including phenoxy) is 1. The Morgan fingerprint density at radius 2 is 2.00 bits per heavy atom. The van der Waals surface area contributed by atoms with Gasteiger partial charge in [-0.3, -0.25) is 14.9 Å². The first-order valence-electron chi connectivity index (χ1n) is 4.23. The van der Waals surface area contributed by atoms with Gasteiger partial charge in [0.2, 0.25) is 0 Å². The molecule has 1 aromatic rings. The van der Waals surface area contributed by atoms with Gasteiger partial charge in [0.15, 0.2) is 6.10 Å². The zero-order chi connectivity index (χ0) is 11.2. The number of halogens is 2. The summed E-state index contributed by atoms with van der Waals surface area (Å²) in [5, 5.41) is 10.5. The van der Waals surface area contributed by atoms with Crippen LogP contribution in [0.4, 0.5) is 8.78 Å². The zero-order valence-electron chi connectivity index (χ0n) is 7.74. The van der Waals surface area contributed by atoms with Gasteiger partial charge >= 0.3 is 5.72 Å². The summed E-state index contributed by atoms with van der Waals surface area (Å²) in [4.78, 5) is 9.83. The number of epoxide rings is 1. The Kier molecular flexibility index (Phi) is 1.97. The molecule has 0 saturated carbocycles. The highest BCUT2D eigenvalue weighted by atomic mass is 19.1. The molecule has 6 heteroatoms. The van der Waals surface area contributed by atoms with E-state index in [1.807, 2.05) is 0 Å². The van der Waals surface area contributed by atoms with Crippen molar-refractivity contribution in [2.75, 3.05) is 0 Å². The molecule has 2 rings (SSSR count). The molecular weight excluding hydrogens is 208 g/mol. The predicted molar refractivity (Wildman–Crippen MR) is 45.6 cm³/mol. The van der Waals surface area contributed by atoms with Crippen molar-refractivity contribution < 1.29 is 18.4 Å². The SMILES string of the molecule is C[C@@]1([N+](=O)[O-])O[C@@H]1c1c(F)cccc1F. The maximum Gasteiger partial charge on any atom is 0.353 e. The molecule has 1 fully saturated rings. The van der Waals surface area contributed by atoms with E-state index < -0.39 is 28.4 Å². The summed E-state index contributed by atoms with van der Waals surface area (Å²) >= 11 is 0. The van der Waals surface area contributed by atoms with Crippen LogP contribution >= 0.6 is 0 Å². The van der Waals surface area contributed by atoms with Crippen molar-refractivity contribution in [2.45, 2.75) is 18.8 Å². The molecule has 0 N–H and O–H groups in total. The quantitative estimate of drug-likeness (QED) is 0.431. The molecule has 1 aliphatic rings. The van der Waals surface area contributed by atoms with E-state index in [0.717, 1.165) is 12.1 Å². The Bertz CT molecular complexity index is 417. The van der Waals surface area contributed by atoms with Crippen LogP contribution in [-0.4, -0.2) is 10.6 Å². The van der Waals surface area contributed by atoms with Crippen LogP contribution < -0.4 is 0 Å². The van der Waals surface area contributed by atoms with Crippen molar-refractivity contribution in [2.24, 2.45) is 0 Å². The van der Waals surface area contributed by atoms with Crippen LogP contribution in [-0.2, 0) is 4.74 Å². The summed E-state index contributed by atoms with van der Waals surface area (Å²) in [6.07, 6.45) is -1.14. The predicted octanol–water partition coefficient (Wildman–Crippen LogP) is 2.03. The molecule has 0 aliphatic carbocycles. The van der Waals surface area contributed by atoms with Crippen molar-refractivity contribution in [1.29, 1.82) is 0 Å². The Labute approximate surface area is 83.6 Å². The van der Waals surface area contributed by atoms with Gasteiger partial charge < -0.3 is 0 Å². The zero-order valence-corrected chi connectivity index (χ0v) is 7.74. The lowest BCUT2D eigenvalue weighted by atomic mass is 10.1. The number of nitro groups is 1. The highest BCUT2D eigenvalue weighted by molar-refractivity contribution is 5.27. The van der Waals surface area contributed by atoms with Gasteiger partial charge in [0.1, 0.15) is 11.6 Å². The molecule has 1 aromatic carbocycles. The third kappa shape index (κ3) is 1.37. The van der Waals surface area contributed by atoms with Crippen molar-refractivity contribution >= 4 is 0 Å². The molecule has 0 amide bonds. The summed E-state index contributed by atoms with van der Waals surface area (Å²) in [6, 6.07) is 3.28. The second-order valence-corrected chi connectivity index (χ2v) is 3.44. The molecule has 4 nitrogen and oxygen atoms in total. The minimum atomic E-state index is -1.71. The lowest BCUT2D eigenvalue weighted by Gasteiger charge is -2.00. The van der Waals surface area contributed by atoms with Gasteiger partial charge in [-0.15, -0.1) is 0 Å². The number of rotatable bonds is 2. The average Bonchev–Trinajstić information content (AvgIpc) is 2.79. The molecular formula is C9H7F2NO3. The topological polar surface area (TPSA) is 55.7 Å². The molecule has 2 atom stereocenters. The van der Waals surface area contributed by atoms with E-state index in [1.165, 1.54) is 13.0 Å². The van der Waals surface area contributed by atoms with E-state index in [0.29, 0.717) is 0 Å². The summed E-state index contributed by atoms with van der Waals surface area (Å²) in [6.45, 7) is 1.18. The maximum atomic E-state index is 13.2. The van der Waals surface area contributed by atoms with E-state index in [9.17, 15) is 18.9 Å². The van der Waals surface area contributed by atoms with Crippen LogP contribution in [0.15, 0.2) is 18.2 Å². The molecule has 1 aliphatic heterocycles. The summed E-state index contributed by atoms with van der Waals surface area (Å²) in [5.74, 6) is -1.66. The molecule has 0 unspecified atom stereocenters. The smallest absolute Gasteiger partial charge is 0.294 e. The first-order valence-corrected chi connectivity index (χ1v) is 4.23. The minimum Gasteiger partial charge on any atom is -0.294 e. The average molecular weight is 215 g/mol. The fourth-order valence-electron chi connectivity index (χ4n) is 1.43. The Morgan fingerprint density at radius 1 is 1.47 bits per heavy atom. The molecule has 1 heterocycles. The van der Waals surface area contributed by atoms with Crippen molar-refractivity contribution in [3.63, 3.8) is 0 Å². The van der Waals surface area contributed by atoms with E-state index in [-0.39, 0.29) is 5.56 Å². The summed E-state index contributed by atoms with van der Waals surface area (Å²) in [7, 11) is 0. The Balaban J connectivity index is 2.39. The van der Waals surface area contributed by atoms with Gasteiger partial charge in [-0.1, -0.05) is 6.07 Å². The van der Waals surface area contributed by atoms with Crippen LogP contribution in [0.5, 0.6) is 0 Å². The third-order valence-corrected chi connectivity index (χ3v) is 2.41. The highest BCUT2D eigenvalue weighted by Crippen LogP contribution is 2.50. The van der Waals surface area contributed by atoms with Crippen LogP contribution in [0, 0.1) is 21.7 Å². The van der Waals surface area contributed by atoms with Crippen LogP contribution in [0.2, 0.25) is 0 Å². The monoisotopic (exact) mass is 215 g/mol. The van der Waals surface area contributed by atoms with Crippen molar-refractivity contribution in [1.82, 2.24) is 0 Å². The largest absolute Gasteiger partial charge is 0.353 e. The van der Waals surface area contributed by atoms with Crippen LogP contribution in [0.25, 0.3) is 0 Å². The lowest BCUT2D eigenvalue weighted by molar-refractivity contribution is -0.558. The van der Waals surface area contributed by atoms with Crippen LogP contribution in [0.3, 0.4) is 0 Å². The second kappa shape index (κ2) is 2.96. The standard InChI is InChI=1S/C9H7F2NO3/c1-9(12(13)14)8(15-9)7-5(10)3-2-4-6(7)11/h2-4,8H,1H3/t8-,9-/m1/s1. The van der Waals surface area contributed by atoms with Gasteiger partial charge in [0.25, 0.3) is 0 Å². The molecule has 0 spiro atoms. The Hall–Kier alpha value is -1.56. The van der Waals surface area contributed by atoms with E-state index in [4.69, 9.17) is 4.74 Å². The third-order valence-electron chi connectivity index (χ3n) is 2.41. The molecule has 15 heavy (non-hydrogen) atoms. The fraction of sp³-hybridized carbons (Fsp3) is 0.333. The van der Waals surface area contributed by atoms with E-state index in [1.54, 1.807) is 0 Å². The summed E-state index contributed by atoms with van der Waals surface area (Å²) < 4.78 is 31.1. The molecule has 0 aromatic heterocycles. The minimum absolute atomic E-state index is 0.378. The number of nitrogens with zero attached hydrogens (tertiary/aromatic N) is 1. The molecule has 0 radical (unpaired) electrons. The van der Waals surface area contributed by atoms with Gasteiger partial charge in [-0.25, -0.2) is 8.78 Å². The van der Waals surface area contributed by atoms with Crippen molar-refractivity contribution in [3.05, 3.63) is 45.5 Å². The number of benzene rings is 1.